The summed E-state index contributed by atoms with van der Waals surface area (Å²) in [5.41, 5.74) is 2.16. The number of nitrogens with zero attached hydrogens (tertiary/aromatic N) is 1. The SMILES string of the molecule is O=C(Nc1nc2ccccc2s1)C(Sc1ccc(NS(=O)(=O)c2cccs2)cc1)c1ccccc1. The first-order chi connectivity index (χ1) is 17.0. The number of carbonyl (C=O) groups is 1. The Morgan fingerprint density at radius 2 is 1.63 bits per heavy atom. The van der Waals surface area contributed by atoms with Gasteiger partial charge in [-0.05, 0) is 53.4 Å². The number of para-hydroxylation sites is 1. The van der Waals surface area contributed by atoms with Gasteiger partial charge in [0.1, 0.15) is 9.46 Å². The van der Waals surface area contributed by atoms with Crippen LogP contribution in [0.1, 0.15) is 10.8 Å². The highest BCUT2D eigenvalue weighted by atomic mass is 32.2. The monoisotopic (exact) mass is 537 g/mol. The highest BCUT2D eigenvalue weighted by Gasteiger charge is 2.23. The Morgan fingerprint density at radius 3 is 2.34 bits per heavy atom. The number of hydrogen-bond acceptors (Lipinski definition) is 7. The number of hydrogen-bond donors (Lipinski definition) is 2. The number of benzene rings is 3. The zero-order chi connectivity index (χ0) is 24.3. The molecule has 0 aliphatic rings. The van der Waals surface area contributed by atoms with Gasteiger partial charge in [-0.3, -0.25) is 9.52 Å². The molecule has 1 atom stereocenters. The predicted molar refractivity (Wildman–Crippen MR) is 145 cm³/mol. The maximum absolute atomic E-state index is 13.3. The number of amides is 1. The summed E-state index contributed by atoms with van der Waals surface area (Å²) in [4.78, 5) is 18.7. The quantitative estimate of drug-likeness (QED) is 0.217. The van der Waals surface area contributed by atoms with Gasteiger partial charge in [0.25, 0.3) is 10.0 Å². The van der Waals surface area contributed by atoms with E-state index in [4.69, 9.17) is 0 Å². The molecule has 2 N–H and O–H groups in total. The average Bonchev–Trinajstić information content (AvgIpc) is 3.54. The van der Waals surface area contributed by atoms with Crippen LogP contribution in [0, 0.1) is 0 Å². The molecule has 2 aromatic heterocycles. The van der Waals surface area contributed by atoms with E-state index < -0.39 is 15.3 Å². The van der Waals surface area contributed by atoms with Gasteiger partial charge in [-0.1, -0.05) is 59.9 Å². The largest absolute Gasteiger partial charge is 0.301 e. The van der Waals surface area contributed by atoms with Crippen LogP contribution >= 0.6 is 34.4 Å². The maximum atomic E-state index is 13.3. The van der Waals surface area contributed by atoms with E-state index in [-0.39, 0.29) is 10.1 Å². The van der Waals surface area contributed by atoms with Crippen molar-refractivity contribution in [3.8, 4) is 0 Å². The van der Waals surface area contributed by atoms with Gasteiger partial charge in [-0.2, -0.15) is 0 Å². The van der Waals surface area contributed by atoms with Crippen molar-refractivity contribution in [2.45, 2.75) is 14.4 Å². The molecule has 1 amide bonds. The summed E-state index contributed by atoms with van der Waals surface area (Å²) < 4.78 is 28.8. The van der Waals surface area contributed by atoms with E-state index in [1.54, 1.807) is 41.8 Å². The minimum absolute atomic E-state index is 0.178. The Bertz CT molecular complexity index is 1520. The zero-order valence-electron chi connectivity index (χ0n) is 18.1. The molecule has 0 saturated carbocycles. The predicted octanol–water partition coefficient (Wildman–Crippen LogP) is 6.63. The van der Waals surface area contributed by atoms with Gasteiger partial charge in [0, 0.05) is 10.6 Å². The highest BCUT2D eigenvalue weighted by Crippen LogP contribution is 2.37. The lowest BCUT2D eigenvalue weighted by Crippen LogP contribution is -2.18. The van der Waals surface area contributed by atoms with Gasteiger partial charge in [0.05, 0.1) is 10.2 Å². The van der Waals surface area contributed by atoms with Crippen LogP contribution in [0.5, 0.6) is 0 Å². The van der Waals surface area contributed by atoms with Crippen LogP contribution in [0.15, 0.2) is 105 Å². The lowest BCUT2D eigenvalue weighted by atomic mass is 10.1. The van der Waals surface area contributed by atoms with Crippen molar-refractivity contribution in [3.05, 3.63) is 102 Å². The van der Waals surface area contributed by atoms with Crippen molar-refractivity contribution >= 4 is 71.4 Å². The number of sulfonamides is 1. The molecule has 0 fully saturated rings. The second-order valence-electron chi connectivity index (χ2n) is 7.45. The van der Waals surface area contributed by atoms with Crippen LogP contribution in [0.3, 0.4) is 0 Å². The summed E-state index contributed by atoms with van der Waals surface area (Å²) in [6.45, 7) is 0. The molecule has 1 unspecified atom stereocenters. The maximum Gasteiger partial charge on any atom is 0.271 e. The van der Waals surface area contributed by atoms with Gasteiger partial charge in [0.15, 0.2) is 5.13 Å². The van der Waals surface area contributed by atoms with E-state index in [1.165, 1.54) is 23.1 Å². The van der Waals surface area contributed by atoms with Gasteiger partial charge in [-0.15, -0.1) is 23.1 Å². The Labute approximate surface area is 215 Å². The summed E-state index contributed by atoms with van der Waals surface area (Å²) in [5.74, 6) is -0.178. The molecule has 0 radical (unpaired) electrons. The van der Waals surface area contributed by atoms with E-state index in [9.17, 15) is 13.2 Å². The molecule has 0 bridgehead atoms. The van der Waals surface area contributed by atoms with Crippen molar-refractivity contribution < 1.29 is 13.2 Å². The molecular weight excluding hydrogens is 519 g/mol. The van der Waals surface area contributed by atoms with Crippen LogP contribution in [-0.2, 0) is 14.8 Å². The number of carbonyl (C=O) groups excluding carboxylic acids is 1. The van der Waals surface area contributed by atoms with Crippen molar-refractivity contribution in [2.75, 3.05) is 10.0 Å². The lowest BCUT2D eigenvalue weighted by molar-refractivity contribution is -0.115. The molecular formula is C25H19N3O3S4. The van der Waals surface area contributed by atoms with E-state index in [2.05, 4.69) is 15.0 Å². The summed E-state index contributed by atoms with van der Waals surface area (Å²) in [6.07, 6.45) is 0. The van der Waals surface area contributed by atoms with Gasteiger partial charge in [0.2, 0.25) is 5.91 Å². The standard InChI is InChI=1S/C25H19N3O3S4/c29-24(27-25-26-20-9-4-5-10-21(20)34-25)23(17-7-2-1-3-8-17)33-19-14-12-18(13-15-19)28-35(30,31)22-11-6-16-32-22/h1-16,23,28H,(H,26,27,29). The Hall–Kier alpha value is -3.18. The minimum atomic E-state index is -3.62. The number of thiazole rings is 1. The smallest absolute Gasteiger partial charge is 0.271 e. The van der Waals surface area contributed by atoms with Gasteiger partial charge in [-0.25, -0.2) is 13.4 Å². The van der Waals surface area contributed by atoms with E-state index in [0.717, 1.165) is 32.0 Å². The second kappa shape index (κ2) is 10.2. The normalized spacial score (nSPS) is 12.3. The third-order valence-electron chi connectivity index (χ3n) is 4.98. The van der Waals surface area contributed by atoms with Crippen LogP contribution in [0.2, 0.25) is 0 Å². The molecule has 176 valence electrons. The van der Waals surface area contributed by atoms with Gasteiger partial charge < -0.3 is 5.32 Å². The summed E-state index contributed by atoms with van der Waals surface area (Å²) in [5, 5.41) is 4.72. The number of aromatic nitrogens is 1. The molecule has 5 rings (SSSR count). The molecule has 10 heteroatoms. The zero-order valence-corrected chi connectivity index (χ0v) is 21.4. The Balaban J connectivity index is 1.34. The van der Waals surface area contributed by atoms with E-state index >= 15 is 0 Å². The van der Waals surface area contributed by atoms with Crippen LogP contribution in [0.25, 0.3) is 10.2 Å². The number of thiophene rings is 1. The van der Waals surface area contributed by atoms with E-state index in [1.807, 2.05) is 54.6 Å². The molecule has 0 aliphatic heterocycles. The fourth-order valence-corrected chi connectivity index (χ4v) is 7.30. The molecule has 0 saturated heterocycles. The fourth-order valence-electron chi connectivity index (χ4n) is 3.36. The molecule has 35 heavy (non-hydrogen) atoms. The highest BCUT2D eigenvalue weighted by molar-refractivity contribution is 8.00. The Kier molecular flexibility index (Phi) is 6.87. The first-order valence-corrected chi connectivity index (χ1v) is 14.6. The van der Waals surface area contributed by atoms with Crippen molar-refractivity contribution in [1.82, 2.24) is 4.98 Å². The molecule has 2 heterocycles. The molecule has 6 nitrogen and oxygen atoms in total. The lowest BCUT2D eigenvalue weighted by Gasteiger charge is -2.16. The summed E-state index contributed by atoms with van der Waals surface area (Å²) >= 11 is 3.98. The number of anilines is 2. The second-order valence-corrected chi connectivity index (χ2v) is 12.5. The summed E-state index contributed by atoms with van der Waals surface area (Å²) in [7, 11) is -3.62. The van der Waals surface area contributed by atoms with Crippen molar-refractivity contribution in [1.29, 1.82) is 0 Å². The van der Waals surface area contributed by atoms with E-state index in [0.29, 0.717) is 10.8 Å². The first kappa shape index (κ1) is 23.6. The van der Waals surface area contributed by atoms with Gasteiger partial charge >= 0.3 is 0 Å². The number of nitrogens with one attached hydrogen (secondary N) is 2. The minimum Gasteiger partial charge on any atom is -0.301 e. The average molecular weight is 538 g/mol. The number of rotatable bonds is 8. The third-order valence-corrected chi connectivity index (χ3v) is 9.98. The van der Waals surface area contributed by atoms with Crippen molar-refractivity contribution in [3.63, 3.8) is 0 Å². The van der Waals surface area contributed by atoms with Crippen LogP contribution in [-0.4, -0.2) is 19.3 Å². The summed E-state index contributed by atoms with van der Waals surface area (Å²) in [6, 6.07) is 27.5. The molecule has 3 aromatic carbocycles. The third kappa shape index (κ3) is 5.57. The number of fused-ring (bicyclic) bond motifs is 1. The topological polar surface area (TPSA) is 88.2 Å². The van der Waals surface area contributed by atoms with Crippen LogP contribution < -0.4 is 10.0 Å². The molecule has 5 aromatic rings. The van der Waals surface area contributed by atoms with Crippen molar-refractivity contribution in [2.24, 2.45) is 0 Å². The number of thioether (sulfide) groups is 1. The molecule has 0 aliphatic carbocycles. The first-order valence-electron chi connectivity index (χ1n) is 10.5. The molecule has 0 spiro atoms. The fraction of sp³-hybridized carbons (Fsp3) is 0.0400. The van der Waals surface area contributed by atoms with Crippen LogP contribution in [0.4, 0.5) is 10.8 Å². The Morgan fingerprint density at radius 1 is 0.886 bits per heavy atom.